The van der Waals surface area contributed by atoms with Crippen molar-refractivity contribution in [3.8, 4) is 0 Å². The predicted molar refractivity (Wildman–Crippen MR) is 38.7 cm³/mol. The van der Waals surface area contributed by atoms with Crippen molar-refractivity contribution in [2.75, 3.05) is 20.3 Å². The maximum atomic E-state index is 8.44. The van der Waals surface area contributed by atoms with E-state index in [1.54, 1.807) is 7.11 Å². The minimum Gasteiger partial charge on any atom is -0.394 e. The van der Waals surface area contributed by atoms with Gasteiger partial charge in [-0.15, -0.1) is 0 Å². The molecule has 0 spiro atoms. The standard InChI is InChI=1S/C7H16O3/c1-4-7(2,9-3)10-6-5-8/h8H,4-6H2,1-3H3. The molecule has 0 aliphatic heterocycles. The Kier molecular flexibility index (Phi) is 4.60. The summed E-state index contributed by atoms with van der Waals surface area (Å²) in [5.74, 6) is -0.525. The van der Waals surface area contributed by atoms with E-state index in [4.69, 9.17) is 14.6 Å². The molecule has 1 unspecified atom stereocenters. The van der Waals surface area contributed by atoms with Gasteiger partial charge in [0.2, 0.25) is 0 Å². The fourth-order valence-corrected chi connectivity index (χ4v) is 0.567. The molecule has 0 heterocycles. The minimum atomic E-state index is -0.525. The summed E-state index contributed by atoms with van der Waals surface area (Å²) in [4.78, 5) is 0. The van der Waals surface area contributed by atoms with E-state index < -0.39 is 5.79 Å². The Morgan fingerprint density at radius 1 is 1.50 bits per heavy atom. The molecule has 0 saturated carbocycles. The second kappa shape index (κ2) is 4.66. The number of hydrogen-bond donors (Lipinski definition) is 1. The molecule has 0 amide bonds. The van der Waals surface area contributed by atoms with Crippen LogP contribution in [0.5, 0.6) is 0 Å². The third-order valence-corrected chi connectivity index (χ3v) is 1.57. The van der Waals surface area contributed by atoms with E-state index in [1.807, 2.05) is 13.8 Å². The van der Waals surface area contributed by atoms with Crippen LogP contribution >= 0.6 is 0 Å². The molecule has 0 bridgehead atoms. The summed E-state index contributed by atoms with van der Waals surface area (Å²) in [5.41, 5.74) is 0. The summed E-state index contributed by atoms with van der Waals surface area (Å²) in [6, 6.07) is 0. The van der Waals surface area contributed by atoms with Gasteiger partial charge in [0, 0.05) is 7.11 Å². The molecular weight excluding hydrogens is 132 g/mol. The summed E-state index contributed by atoms with van der Waals surface area (Å²) in [5, 5.41) is 8.44. The lowest BCUT2D eigenvalue weighted by Gasteiger charge is -2.26. The molecule has 1 atom stereocenters. The van der Waals surface area contributed by atoms with Gasteiger partial charge in [0.1, 0.15) is 0 Å². The van der Waals surface area contributed by atoms with Crippen molar-refractivity contribution >= 4 is 0 Å². The van der Waals surface area contributed by atoms with Crippen LogP contribution in [-0.2, 0) is 9.47 Å². The van der Waals surface area contributed by atoms with Crippen LogP contribution in [0.4, 0.5) is 0 Å². The summed E-state index contributed by atoms with van der Waals surface area (Å²) in [6.45, 7) is 4.20. The van der Waals surface area contributed by atoms with E-state index in [2.05, 4.69) is 0 Å². The monoisotopic (exact) mass is 148 g/mol. The molecule has 10 heavy (non-hydrogen) atoms. The van der Waals surface area contributed by atoms with Gasteiger partial charge >= 0.3 is 0 Å². The van der Waals surface area contributed by atoms with Gasteiger partial charge in [0.25, 0.3) is 0 Å². The molecular formula is C7H16O3. The second-order valence-corrected chi connectivity index (χ2v) is 2.26. The van der Waals surface area contributed by atoms with Gasteiger partial charge in [-0.2, -0.15) is 0 Å². The lowest BCUT2D eigenvalue weighted by atomic mass is 10.2. The van der Waals surface area contributed by atoms with Crippen molar-refractivity contribution in [2.24, 2.45) is 0 Å². The van der Waals surface area contributed by atoms with Crippen LogP contribution in [0.2, 0.25) is 0 Å². The first-order chi connectivity index (χ1) is 4.68. The molecule has 0 rings (SSSR count). The van der Waals surface area contributed by atoms with Crippen molar-refractivity contribution in [3.63, 3.8) is 0 Å². The number of hydrogen-bond acceptors (Lipinski definition) is 3. The quantitative estimate of drug-likeness (QED) is 0.585. The first kappa shape index (κ1) is 9.88. The fraction of sp³-hybridized carbons (Fsp3) is 1.00. The molecule has 62 valence electrons. The van der Waals surface area contributed by atoms with Gasteiger partial charge in [0.15, 0.2) is 5.79 Å². The molecule has 0 fully saturated rings. The largest absolute Gasteiger partial charge is 0.394 e. The van der Waals surface area contributed by atoms with E-state index in [1.165, 1.54) is 0 Å². The Labute approximate surface area is 62.0 Å². The molecule has 0 aromatic carbocycles. The van der Waals surface area contributed by atoms with E-state index in [-0.39, 0.29) is 6.61 Å². The van der Waals surface area contributed by atoms with Gasteiger partial charge in [-0.25, -0.2) is 0 Å². The average Bonchev–Trinajstić information content (AvgIpc) is 2.00. The van der Waals surface area contributed by atoms with Gasteiger partial charge < -0.3 is 14.6 Å². The molecule has 0 saturated heterocycles. The highest BCUT2D eigenvalue weighted by Crippen LogP contribution is 2.14. The van der Waals surface area contributed by atoms with Gasteiger partial charge in [-0.3, -0.25) is 0 Å². The fourth-order valence-electron chi connectivity index (χ4n) is 0.567. The number of methoxy groups -OCH3 is 1. The van der Waals surface area contributed by atoms with Crippen LogP contribution < -0.4 is 0 Å². The van der Waals surface area contributed by atoms with E-state index >= 15 is 0 Å². The Hall–Kier alpha value is -0.120. The SMILES string of the molecule is CCC(C)(OC)OCCO. The lowest BCUT2D eigenvalue weighted by Crippen LogP contribution is -2.31. The maximum Gasteiger partial charge on any atom is 0.164 e. The Balaban J connectivity index is 3.58. The number of rotatable bonds is 5. The van der Waals surface area contributed by atoms with Crippen LogP contribution in [0.15, 0.2) is 0 Å². The summed E-state index contributed by atoms with van der Waals surface area (Å²) in [6.07, 6.45) is 0.781. The zero-order valence-corrected chi connectivity index (χ0v) is 6.89. The third-order valence-electron chi connectivity index (χ3n) is 1.57. The Bertz CT molecular complexity index is 78.9. The van der Waals surface area contributed by atoms with Crippen molar-refractivity contribution in [2.45, 2.75) is 26.1 Å². The van der Waals surface area contributed by atoms with Crippen LogP contribution in [0.25, 0.3) is 0 Å². The molecule has 3 nitrogen and oxygen atoms in total. The van der Waals surface area contributed by atoms with Crippen molar-refractivity contribution in [1.29, 1.82) is 0 Å². The zero-order chi connectivity index (χ0) is 8.04. The van der Waals surface area contributed by atoms with Crippen LogP contribution in [0, 0.1) is 0 Å². The maximum absolute atomic E-state index is 8.44. The predicted octanol–water partition coefficient (Wildman–Crippen LogP) is 0.768. The molecule has 0 aromatic rings. The molecule has 0 aliphatic carbocycles. The number of ether oxygens (including phenoxy) is 2. The van der Waals surface area contributed by atoms with Crippen molar-refractivity contribution in [1.82, 2.24) is 0 Å². The molecule has 0 aromatic heterocycles. The molecule has 0 radical (unpaired) electrons. The average molecular weight is 148 g/mol. The van der Waals surface area contributed by atoms with Gasteiger partial charge in [-0.05, 0) is 13.3 Å². The zero-order valence-electron chi connectivity index (χ0n) is 6.89. The summed E-state index contributed by atoms with van der Waals surface area (Å²) >= 11 is 0. The van der Waals surface area contributed by atoms with Crippen molar-refractivity contribution < 1.29 is 14.6 Å². The summed E-state index contributed by atoms with van der Waals surface area (Å²) < 4.78 is 10.3. The normalized spacial score (nSPS) is 16.8. The molecule has 0 aliphatic rings. The Morgan fingerprint density at radius 3 is 2.40 bits per heavy atom. The Morgan fingerprint density at radius 2 is 2.10 bits per heavy atom. The number of aliphatic hydroxyl groups is 1. The van der Waals surface area contributed by atoms with Crippen LogP contribution in [0.3, 0.4) is 0 Å². The van der Waals surface area contributed by atoms with Crippen LogP contribution in [0.1, 0.15) is 20.3 Å². The highest BCUT2D eigenvalue weighted by atomic mass is 16.7. The highest BCUT2D eigenvalue weighted by molar-refractivity contribution is 4.57. The topological polar surface area (TPSA) is 38.7 Å². The van der Waals surface area contributed by atoms with Crippen LogP contribution in [-0.4, -0.2) is 31.2 Å². The van der Waals surface area contributed by atoms with E-state index in [9.17, 15) is 0 Å². The second-order valence-electron chi connectivity index (χ2n) is 2.26. The number of aliphatic hydroxyl groups excluding tert-OH is 1. The van der Waals surface area contributed by atoms with E-state index in [0.717, 1.165) is 6.42 Å². The first-order valence-electron chi connectivity index (χ1n) is 3.48. The smallest absolute Gasteiger partial charge is 0.164 e. The highest BCUT2D eigenvalue weighted by Gasteiger charge is 2.20. The van der Waals surface area contributed by atoms with Gasteiger partial charge in [-0.1, -0.05) is 6.92 Å². The molecule has 1 N–H and O–H groups in total. The van der Waals surface area contributed by atoms with Gasteiger partial charge in [0.05, 0.1) is 13.2 Å². The summed E-state index contributed by atoms with van der Waals surface area (Å²) in [7, 11) is 1.60. The minimum absolute atomic E-state index is 0.0406. The first-order valence-corrected chi connectivity index (χ1v) is 3.48. The lowest BCUT2D eigenvalue weighted by molar-refractivity contribution is -0.215. The van der Waals surface area contributed by atoms with Crippen molar-refractivity contribution in [3.05, 3.63) is 0 Å². The molecule has 3 heteroatoms. The van der Waals surface area contributed by atoms with E-state index in [0.29, 0.717) is 6.61 Å². The third kappa shape index (κ3) is 3.15.